The number of fused-ring (bicyclic) bond motifs is 3. The number of hydrogen-bond donors (Lipinski definition) is 1. The van der Waals surface area contributed by atoms with Gasteiger partial charge in [-0.2, -0.15) is 5.10 Å². The van der Waals surface area contributed by atoms with Crippen molar-refractivity contribution in [2.45, 2.75) is 45.2 Å². The molecule has 1 amide bonds. The number of piperazine rings is 1. The smallest absolute Gasteiger partial charge is 0.259 e. The maximum absolute atomic E-state index is 13.6. The number of carbonyl (C=O) groups is 1. The summed E-state index contributed by atoms with van der Waals surface area (Å²) in [5, 5.41) is 6.04. The number of nitrogens with zero attached hydrogens (tertiary/aromatic N) is 4. The van der Waals surface area contributed by atoms with Crippen LogP contribution in [0, 0.1) is 12.7 Å². The van der Waals surface area contributed by atoms with Gasteiger partial charge in [0.15, 0.2) is 0 Å². The maximum Gasteiger partial charge on any atom is 0.259 e. The van der Waals surface area contributed by atoms with Crippen molar-refractivity contribution in [3.63, 3.8) is 0 Å². The Kier molecular flexibility index (Phi) is 5.84. The molecule has 0 unspecified atom stereocenters. The summed E-state index contributed by atoms with van der Waals surface area (Å²) in [6.07, 6.45) is 6.11. The van der Waals surface area contributed by atoms with E-state index in [1.807, 2.05) is 34.7 Å². The van der Waals surface area contributed by atoms with Crippen LogP contribution in [0.4, 0.5) is 4.39 Å². The molecule has 2 fully saturated rings. The van der Waals surface area contributed by atoms with Gasteiger partial charge in [-0.1, -0.05) is 25.0 Å². The Labute approximate surface area is 208 Å². The van der Waals surface area contributed by atoms with Crippen molar-refractivity contribution in [2.24, 2.45) is 0 Å². The molecule has 1 saturated carbocycles. The maximum atomic E-state index is 13.6. The largest absolute Gasteiger partial charge is 0.336 e. The molecule has 2 aromatic carbocycles. The lowest BCUT2D eigenvalue weighted by molar-refractivity contribution is 0.0628. The van der Waals surface area contributed by atoms with Gasteiger partial charge in [0, 0.05) is 43.7 Å². The molecule has 2 aromatic heterocycles. The number of aromatic nitrogens is 3. The molecule has 6 rings (SSSR count). The third-order valence-electron chi connectivity index (χ3n) is 7.76. The first-order valence-corrected chi connectivity index (χ1v) is 12.8. The van der Waals surface area contributed by atoms with Crippen LogP contribution in [0.3, 0.4) is 0 Å². The molecule has 186 valence electrons. The third kappa shape index (κ3) is 4.09. The zero-order chi connectivity index (χ0) is 24.8. The molecule has 7 nitrogen and oxygen atoms in total. The predicted octanol–water partition coefficient (Wildman–Crippen LogP) is 4.40. The fourth-order valence-electron chi connectivity index (χ4n) is 5.82. The summed E-state index contributed by atoms with van der Waals surface area (Å²) in [6, 6.07) is 10.8. The molecule has 1 saturated heterocycles. The Balaban J connectivity index is 1.28. The van der Waals surface area contributed by atoms with Crippen molar-refractivity contribution in [2.75, 3.05) is 26.2 Å². The summed E-state index contributed by atoms with van der Waals surface area (Å²) in [4.78, 5) is 33.5. The third-order valence-corrected chi connectivity index (χ3v) is 7.76. The second-order valence-electron chi connectivity index (χ2n) is 10.2. The van der Waals surface area contributed by atoms with Crippen molar-refractivity contribution in [1.82, 2.24) is 24.6 Å². The molecule has 36 heavy (non-hydrogen) atoms. The van der Waals surface area contributed by atoms with Crippen molar-refractivity contribution in [1.29, 1.82) is 0 Å². The van der Waals surface area contributed by atoms with Crippen LogP contribution in [0.25, 0.3) is 21.8 Å². The van der Waals surface area contributed by atoms with E-state index in [0.29, 0.717) is 36.6 Å². The Morgan fingerprint density at radius 3 is 2.61 bits per heavy atom. The van der Waals surface area contributed by atoms with Gasteiger partial charge in [-0.05, 0) is 55.2 Å². The van der Waals surface area contributed by atoms with E-state index < -0.39 is 0 Å². The molecule has 1 N–H and O–H groups in total. The second kappa shape index (κ2) is 9.17. The lowest BCUT2D eigenvalue weighted by Crippen LogP contribution is -2.48. The topological polar surface area (TPSA) is 74.2 Å². The van der Waals surface area contributed by atoms with Crippen LogP contribution in [0.15, 0.2) is 47.4 Å². The fourth-order valence-corrected chi connectivity index (χ4v) is 5.82. The first-order valence-electron chi connectivity index (χ1n) is 12.8. The van der Waals surface area contributed by atoms with E-state index in [9.17, 15) is 14.0 Å². The molecule has 2 aliphatic rings. The van der Waals surface area contributed by atoms with Gasteiger partial charge in [-0.25, -0.2) is 4.39 Å². The van der Waals surface area contributed by atoms with E-state index in [1.165, 1.54) is 18.9 Å². The average molecular weight is 488 g/mol. The minimum Gasteiger partial charge on any atom is -0.336 e. The highest BCUT2D eigenvalue weighted by atomic mass is 19.1. The number of hydrogen-bond acceptors (Lipinski definition) is 4. The van der Waals surface area contributed by atoms with Crippen LogP contribution >= 0.6 is 0 Å². The van der Waals surface area contributed by atoms with Crippen molar-refractivity contribution < 1.29 is 9.18 Å². The Morgan fingerprint density at radius 1 is 1.08 bits per heavy atom. The lowest BCUT2D eigenvalue weighted by atomic mass is 10.0. The molecule has 8 heteroatoms. The van der Waals surface area contributed by atoms with E-state index in [2.05, 4.69) is 15.0 Å². The normalized spacial score (nSPS) is 17.4. The molecule has 4 aromatic rings. The van der Waals surface area contributed by atoms with Crippen LogP contribution in [0.2, 0.25) is 0 Å². The Bertz CT molecular complexity index is 1510. The number of H-pyrrole nitrogens is 1. The average Bonchev–Trinajstić information content (AvgIpc) is 3.55. The number of nitrogens with one attached hydrogen (secondary N) is 1. The quantitative estimate of drug-likeness (QED) is 0.463. The first kappa shape index (κ1) is 22.9. The Morgan fingerprint density at radius 2 is 1.86 bits per heavy atom. The number of halogens is 1. The number of aromatic amines is 1. The molecule has 0 atom stereocenters. The SMILES string of the molecule is Cc1cc2[nH]c(=O)c3cnn(C4CCCC4)c3c2cc1C(=O)N1CCN(Cc2cccc(F)c2)CC1. The van der Waals surface area contributed by atoms with Crippen LogP contribution in [0.5, 0.6) is 0 Å². The predicted molar refractivity (Wildman–Crippen MR) is 138 cm³/mol. The highest BCUT2D eigenvalue weighted by Gasteiger charge is 2.26. The van der Waals surface area contributed by atoms with Crippen molar-refractivity contribution in [3.8, 4) is 0 Å². The van der Waals surface area contributed by atoms with E-state index >= 15 is 0 Å². The first-order chi connectivity index (χ1) is 17.5. The van der Waals surface area contributed by atoms with Gasteiger partial charge >= 0.3 is 0 Å². The molecular weight excluding hydrogens is 457 g/mol. The lowest BCUT2D eigenvalue weighted by Gasteiger charge is -2.35. The molecule has 1 aliphatic heterocycles. The standard InChI is InChI=1S/C28H30FN5O2/c1-18-13-25-23(26-24(27(35)31-25)16-30-34(26)21-7-2-3-8-21)15-22(18)28(36)33-11-9-32(10-12-33)17-19-5-4-6-20(29)14-19/h4-6,13-16,21H,2-3,7-12,17H2,1H3,(H,31,35). The zero-order valence-corrected chi connectivity index (χ0v) is 20.5. The van der Waals surface area contributed by atoms with Gasteiger partial charge in [0.1, 0.15) is 5.82 Å². The Hall–Kier alpha value is -3.52. The monoisotopic (exact) mass is 487 g/mol. The number of carbonyl (C=O) groups excluding carboxylic acids is 1. The van der Waals surface area contributed by atoms with E-state index in [1.54, 1.807) is 18.3 Å². The van der Waals surface area contributed by atoms with Gasteiger partial charge in [0.25, 0.3) is 11.5 Å². The second-order valence-corrected chi connectivity index (χ2v) is 10.2. The van der Waals surface area contributed by atoms with Crippen molar-refractivity contribution in [3.05, 3.63) is 75.5 Å². The number of amides is 1. The van der Waals surface area contributed by atoms with Crippen LogP contribution in [-0.2, 0) is 6.54 Å². The fraction of sp³-hybridized carbons (Fsp3) is 0.393. The minimum absolute atomic E-state index is 0.00564. The van der Waals surface area contributed by atoms with Gasteiger partial charge in [0.05, 0.1) is 28.7 Å². The summed E-state index contributed by atoms with van der Waals surface area (Å²) >= 11 is 0. The van der Waals surface area contributed by atoms with E-state index in [0.717, 1.165) is 53.5 Å². The zero-order valence-electron chi connectivity index (χ0n) is 20.5. The molecule has 0 radical (unpaired) electrons. The highest BCUT2D eigenvalue weighted by Crippen LogP contribution is 2.34. The molecule has 0 bridgehead atoms. The number of pyridine rings is 1. The van der Waals surface area contributed by atoms with E-state index in [4.69, 9.17) is 0 Å². The summed E-state index contributed by atoms with van der Waals surface area (Å²) in [6.45, 7) is 5.30. The van der Waals surface area contributed by atoms with E-state index in [-0.39, 0.29) is 17.3 Å². The van der Waals surface area contributed by atoms with Gasteiger partial charge < -0.3 is 9.88 Å². The summed E-state index contributed by atoms with van der Waals surface area (Å²) in [7, 11) is 0. The summed E-state index contributed by atoms with van der Waals surface area (Å²) < 4.78 is 15.5. The minimum atomic E-state index is -0.224. The van der Waals surface area contributed by atoms with Crippen molar-refractivity contribution >= 4 is 27.7 Å². The molecule has 3 heterocycles. The molecular formula is C28H30FN5O2. The summed E-state index contributed by atoms with van der Waals surface area (Å²) in [5.74, 6) is -0.219. The summed E-state index contributed by atoms with van der Waals surface area (Å²) in [5.41, 5.74) is 3.87. The highest BCUT2D eigenvalue weighted by molar-refractivity contribution is 6.07. The molecule has 0 spiro atoms. The number of benzene rings is 2. The van der Waals surface area contributed by atoms with Gasteiger partial charge in [0.2, 0.25) is 0 Å². The van der Waals surface area contributed by atoms with Gasteiger partial charge in [-0.15, -0.1) is 0 Å². The number of rotatable bonds is 4. The van der Waals surface area contributed by atoms with Crippen LogP contribution in [0.1, 0.15) is 53.2 Å². The van der Waals surface area contributed by atoms with Crippen LogP contribution in [-0.4, -0.2) is 56.7 Å². The molecule has 1 aliphatic carbocycles. The number of aryl methyl sites for hydroxylation is 1. The van der Waals surface area contributed by atoms with Gasteiger partial charge in [-0.3, -0.25) is 19.2 Å². The van der Waals surface area contributed by atoms with Crippen LogP contribution < -0.4 is 5.56 Å².